The number of nitrogens with one attached hydrogen (secondary N) is 2. The molecule has 0 atom stereocenters. The molecule has 9 nitrogen and oxygen atoms in total. The Morgan fingerprint density at radius 2 is 1.90 bits per heavy atom. The molecule has 1 rings (SSSR count). The lowest BCUT2D eigenvalue weighted by atomic mass is 10.3. The smallest absolute Gasteiger partial charge is 0.323 e. The largest absolute Gasteiger partial charge is 0.480 e. The summed E-state index contributed by atoms with van der Waals surface area (Å²) in [6, 6.07) is -0.587. The molecule has 0 aromatic heterocycles. The molecule has 1 saturated heterocycles. The molecule has 0 radical (unpaired) electrons. The van der Waals surface area contributed by atoms with Crippen LogP contribution in [0.25, 0.3) is 0 Å². The SMILES string of the molecule is NC(=O)CN(CC(=O)O)C(=O)NCCCN1CCNCC1. The van der Waals surface area contributed by atoms with Gasteiger partial charge in [-0.2, -0.15) is 0 Å². The van der Waals surface area contributed by atoms with Gasteiger partial charge in [-0.15, -0.1) is 0 Å². The molecular formula is C12H23N5O4. The van der Waals surface area contributed by atoms with Crippen molar-refractivity contribution in [2.45, 2.75) is 6.42 Å². The first-order valence-corrected chi connectivity index (χ1v) is 6.95. The van der Waals surface area contributed by atoms with Crippen LogP contribution < -0.4 is 16.4 Å². The number of amides is 3. The summed E-state index contributed by atoms with van der Waals surface area (Å²) in [5, 5.41) is 14.6. The highest BCUT2D eigenvalue weighted by atomic mass is 16.4. The van der Waals surface area contributed by atoms with Gasteiger partial charge >= 0.3 is 12.0 Å². The maximum absolute atomic E-state index is 11.8. The van der Waals surface area contributed by atoms with E-state index in [4.69, 9.17) is 10.8 Å². The van der Waals surface area contributed by atoms with E-state index in [1.807, 2.05) is 0 Å². The number of aliphatic carboxylic acids is 1. The third-order valence-corrected chi connectivity index (χ3v) is 3.10. The van der Waals surface area contributed by atoms with E-state index in [2.05, 4.69) is 15.5 Å². The van der Waals surface area contributed by atoms with Crippen LogP contribution in [0.5, 0.6) is 0 Å². The maximum Gasteiger partial charge on any atom is 0.323 e. The number of carbonyl (C=O) groups is 3. The van der Waals surface area contributed by atoms with Crippen LogP contribution in [0, 0.1) is 0 Å². The Bertz CT molecular complexity index is 355. The van der Waals surface area contributed by atoms with Crippen LogP contribution in [0.2, 0.25) is 0 Å². The monoisotopic (exact) mass is 301 g/mol. The minimum Gasteiger partial charge on any atom is -0.480 e. The normalized spacial score (nSPS) is 15.4. The van der Waals surface area contributed by atoms with Crippen molar-refractivity contribution in [2.75, 3.05) is 52.4 Å². The first-order chi connectivity index (χ1) is 9.99. The number of hydrogen-bond acceptors (Lipinski definition) is 5. The van der Waals surface area contributed by atoms with Gasteiger partial charge in [0.25, 0.3) is 0 Å². The average molecular weight is 301 g/mol. The fraction of sp³-hybridized carbons (Fsp3) is 0.750. The molecule has 0 aromatic rings. The van der Waals surface area contributed by atoms with Crippen LogP contribution >= 0.6 is 0 Å². The number of primary amides is 1. The Kier molecular flexibility index (Phi) is 7.48. The van der Waals surface area contributed by atoms with Crippen molar-refractivity contribution in [3.05, 3.63) is 0 Å². The number of piperazine rings is 1. The van der Waals surface area contributed by atoms with Crippen LogP contribution in [0.3, 0.4) is 0 Å². The predicted octanol–water partition coefficient (Wildman–Crippen LogP) is -2.14. The van der Waals surface area contributed by atoms with Crippen molar-refractivity contribution < 1.29 is 19.5 Å². The molecule has 3 amide bonds. The molecule has 0 saturated carbocycles. The minimum absolute atomic E-state index is 0.407. The zero-order valence-corrected chi connectivity index (χ0v) is 12.0. The summed E-state index contributed by atoms with van der Waals surface area (Å²) >= 11 is 0. The van der Waals surface area contributed by atoms with Crippen molar-refractivity contribution in [2.24, 2.45) is 5.73 Å². The molecule has 1 fully saturated rings. The van der Waals surface area contributed by atoms with E-state index in [9.17, 15) is 14.4 Å². The number of urea groups is 1. The molecule has 0 aromatic carbocycles. The third-order valence-electron chi connectivity index (χ3n) is 3.10. The van der Waals surface area contributed by atoms with Crippen LogP contribution in [-0.2, 0) is 9.59 Å². The van der Waals surface area contributed by atoms with Crippen molar-refractivity contribution in [3.63, 3.8) is 0 Å². The Balaban J connectivity index is 2.25. The van der Waals surface area contributed by atoms with Gasteiger partial charge < -0.3 is 31.3 Å². The fourth-order valence-electron chi connectivity index (χ4n) is 2.10. The van der Waals surface area contributed by atoms with E-state index in [0.29, 0.717) is 6.54 Å². The maximum atomic E-state index is 11.8. The second-order valence-electron chi connectivity index (χ2n) is 4.89. The standard InChI is InChI=1S/C12H23N5O4/c13-10(18)8-17(9-11(19)20)12(21)15-2-1-5-16-6-3-14-4-7-16/h14H,1-9H2,(H2,13,18)(H,15,21)(H,19,20). The van der Waals surface area contributed by atoms with Gasteiger partial charge in [-0.05, 0) is 13.0 Å². The molecule has 0 aliphatic carbocycles. The van der Waals surface area contributed by atoms with Gasteiger partial charge in [0.05, 0.1) is 0 Å². The topological polar surface area (TPSA) is 128 Å². The molecule has 120 valence electrons. The summed E-state index contributed by atoms with van der Waals surface area (Å²) in [6.07, 6.45) is 0.767. The first kappa shape index (κ1) is 17.2. The lowest BCUT2D eigenvalue weighted by Gasteiger charge is -2.27. The molecular weight excluding hydrogens is 278 g/mol. The molecule has 21 heavy (non-hydrogen) atoms. The van der Waals surface area contributed by atoms with E-state index in [1.54, 1.807) is 0 Å². The van der Waals surface area contributed by atoms with Crippen LogP contribution in [0.15, 0.2) is 0 Å². The first-order valence-electron chi connectivity index (χ1n) is 6.95. The number of nitrogens with two attached hydrogens (primary N) is 1. The summed E-state index contributed by atoms with van der Waals surface area (Å²) in [7, 11) is 0. The quantitative estimate of drug-likeness (QED) is 0.379. The van der Waals surface area contributed by atoms with E-state index < -0.39 is 31.0 Å². The zero-order chi connectivity index (χ0) is 15.7. The van der Waals surface area contributed by atoms with Gasteiger partial charge in [0.2, 0.25) is 5.91 Å². The average Bonchev–Trinajstić information content (AvgIpc) is 2.43. The minimum atomic E-state index is -1.19. The number of nitrogens with zero attached hydrogens (tertiary/aromatic N) is 2. The second kappa shape index (κ2) is 9.14. The number of rotatable bonds is 8. The fourth-order valence-corrected chi connectivity index (χ4v) is 2.10. The summed E-state index contributed by atoms with van der Waals surface area (Å²) in [4.78, 5) is 36.4. The third kappa shape index (κ3) is 7.47. The van der Waals surface area contributed by atoms with E-state index >= 15 is 0 Å². The molecule has 1 heterocycles. The Morgan fingerprint density at radius 3 is 2.48 bits per heavy atom. The van der Waals surface area contributed by atoms with Crippen molar-refractivity contribution in [1.29, 1.82) is 0 Å². The van der Waals surface area contributed by atoms with Crippen LogP contribution in [-0.4, -0.2) is 85.2 Å². The van der Waals surface area contributed by atoms with Crippen LogP contribution in [0.4, 0.5) is 4.79 Å². The summed E-state index contributed by atoms with van der Waals surface area (Å²) in [5.41, 5.74) is 4.99. The molecule has 0 spiro atoms. The van der Waals surface area contributed by atoms with Gasteiger partial charge in [0, 0.05) is 32.7 Å². The highest BCUT2D eigenvalue weighted by Crippen LogP contribution is 1.94. The van der Waals surface area contributed by atoms with Crippen LogP contribution in [0.1, 0.15) is 6.42 Å². The summed E-state index contributed by atoms with van der Waals surface area (Å²) < 4.78 is 0. The zero-order valence-electron chi connectivity index (χ0n) is 12.0. The van der Waals surface area contributed by atoms with Gasteiger partial charge in [-0.25, -0.2) is 4.79 Å². The second-order valence-corrected chi connectivity index (χ2v) is 4.89. The van der Waals surface area contributed by atoms with E-state index in [1.165, 1.54) is 0 Å². The highest BCUT2D eigenvalue weighted by Gasteiger charge is 2.18. The number of carboxylic acid groups (broad SMARTS) is 1. The Morgan fingerprint density at radius 1 is 1.24 bits per heavy atom. The van der Waals surface area contributed by atoms with Gasteiger partial charge in [-0.1, -0.05) is 0 Å². The molecule has 0 bridgehead atoms. The molecule has 9 heteroatoms. The van der Waals surface area contributed by atoms with Crippen molar-refractivity contribution >= 4 is 17.9 Å². The van der Waals surface area contributed by atoms with E-state index in [0.717, 1.165) is 44.0 Å². The predicted molar refractivity (Wildman–Crippen MR) is 75.7 cm³/mol. The molecule has 5 N–H and O–H groups in total. The highest BCUT2D eigenvalue weighted by molar-refractivity contribution is 5.85. The Hall–Kier alpha value is -1.87. The van der Waals surface area contributed by atoms with Gasteiger partial charge in [0.1, 0.15) is 13.1 Å². The van der Waals surface area contributed by atoms with E-state index in [-0.39, 0.29) is 0 Å². The summed E-state index contributed by atoms with van der Waals surface area (Å²) in [5.74, 6) is -1.93. The number of hydrogen-bond donors (Lipinski definition) is 4. The molecule has 1 aliphatic heterocycles. The van der Waals surface area contributed by atoms with Crippen molar-refractivity contribution in [3.8, 4) is 0 Å². The molecule has 1 aliphatic rings. The van der Waals surface area contributed by atoms with Crippen molar-refractivity contribution in [1.82, 2.24) is 20.4 Å². The molecule has 0 unspecified atom stereocenters. The lowest BCUT2D eigenvalue weighted by Crippen LogP contribution is -2.47. The van der Waals surface area contributed by atoms with Gasteiger partial charge in [0.15, 0.2) is 0 Å². The van der Waals surface area contributed by atoms with Gasteiger partial charge in [-0.3, -0.25) is 9.59 Å². The summed E-state index contributed by atoms with van der Waals surface area (Å²) in [6.45, 7) is 4.26. The number of carbonyl (C=O) groups excluding carboxylic acids is 2. The lowest BCUT2D eigenvalue weighted by molar-refractivity contribution is -0.137. The number of carboxylic acids is 1. The Labute approximate surface area is 123 Å².